The number of sulfonamides is 1. The molecule has 0 saturated carbocycles. The Labute approximate surface area is 126 Å². The second-order valence-corrected chi connectivity index (χ2v) is 8.00. The summed E-state index contributed by atoms with van der Waals surface area (Å²) in [6, 6.07) is 2.24. The van der Waals surface area contributed by atoms with Crippen molar-refractivity contribution >= 4 is 33.2 Å². The summed E-state index contributed by atoms with van der Waals surface area (Å²) in [6.45, 7) is -0.00724. The number of carboxylic acids is 1. The SMILES string of the molecule is CN(CC(=O)N1CCC[C@H]1C(=O)O)S(=O)(=O)c1cccs1. The Balaban J connectivity index is 2.07. The smallest absolute Gasteiger partial charge is 0.326 e. The Morgan fingerprint density at radius 2 is 2.24 bits per heavy atom. The number of likely N-dealkylation sites (N-methyl/N-ethyl adjacent to an activating group) is 1. The van der Waals surface area contributed by atoms with Crippen molar-refractivity contribution in [2.75, 3.05) is 20.1 Å². The van der Waals surface area contributed by atoms with E-state index >= 15 is 0 Å². The van der Waals surface area contributed by atoms with Crippen molar-refractivity contribution in [3.63, 3.8) is 0 Å². The van der Waals surface area contributed by atoms with Gasteiger partial charge in [-0.3, -0.25) is 4.79 Å². The summed E-state index contributed by atoms with van der Waals surface area (Å²) in [6.07, 6.45) is 1.02. The lowest BCUT2D eigenvalue weighted by molar-refractivity contribution is -0.148. The van der Waals surface area contributed by atoms with E-state index in [1.165, 1.54) is 18.0 Å². The molecular weight excluding hydrogens is 316 g/mol. The van der Waals surface area contributed by atoms with Crippen molar-refractivity contribution in [2.45, 2.75) is 23.1 Å². The topological polar surface area (TPSA) is 95.0 Å². The lowest BCUT2D eigenvalue weighted by Gasteiger charge is -2.24. The molecule has 1 aliphatic heterocycles. The molecule has 1 saturated heterocycles. The average Bonchev–Trinajstić information content (AvgIpc) is 3.09. The predicted molar refractivity (Wildman–Crippen MR) is 76.5 cm³/mol. The van der Waals surface area contributed by atoms with Crippen LogP contribution in [0.25, 0.3) is 0 Å². The highest BCUT2D eigenvalue weighted by Gasteiger charge is 2.35. The third-order valence-electron chi connectivity index (χ3n) is 3.38. The molecule has 1 aliphatic rings. The van der Waals surface area contributed by atoms with Gasteiger partial charge >= 0.3 is 5.97 Å². The maximum atomic E-state index is 12.2. The van der Waals surface area contributed by atoms with Gasteiger partial charge in [0.2, 0.25) is 5.91 Å². The summed E-state index contributed by atoms with van der Waals surface area (Å²) in [5.74, 6) is -1.54. The van der Waals surface area contributed by atoms with Crippen LogP contribution in [0, 0.1) is 0 Å². The van der Waals surface area contributed by atoms with Crippen molar-refractivity contribution in [1.82, 2.24) is 9.21 Å². The molecular formula is C12H16N2O5S2. The number of likely N-dealkylation sites (tertiary alicyclic amines) is 1. The Morgan fingerprint density at radius 1 is 1.52 bits per heavy atom. The molecule has 2 rings (SSSR count). The quantitative estimate of drug-likeness (QED) is 0.844. The number of carboxylic acid groups (broad SMARTS) is 1. The van der Waals surface area contributed by atoms with Crippen molar-refractivity contribution in [2.24, 2.45) is 0 Å². The minimum atomic E-state index is -3.70. The first-order chi connectivity index (χ1) is 9.84. The molecule has 7 nitrogen and oxygen atoms in total. The van der Waals surface area contributed by atoms with E-state index in [9.17, 15) is 18.0 Å². The first-order valence-electron chi connectivity index (χ1n) is 6.36. The number of amides is 1. The van der Waals surface area contributed by atoms with Crippen LogP contribution >= 0.6 is 11.3 Å². The highest BCUT2D eigenvalue weighted by molar-refractivity contribution is 7.91. The molecule has 1 amide bonds. The number of nitrogens with zero attached hydrogens (tertiary/aromatic N) is 2. The average molecular weight is 332 g/mol. The van der Waals surface area contributed by atoms with Crippen molar-refractivity contribution in [3.05, 3.63) is 17.5 Å². The van der Waals surface area contributed by atoms with Crippen LogP contribution in [0.4, 0.5) is 0 Å². The van der Waals surface area contributed by atoms with E-state index < -0.39 is 27.9 Å². The van der Waals surface area contributed by atoms with Gasteiger partial charge in [0.05, 0.1) is 6.54 Å². The summed E-state index contributed by atoms with van der Waals surface area (Å²) in [5.41, 5.74) is 0. The predicted octanol–water partition coefficient (Wildman–Crippen LogP) is 0.444. The number of hydrogen-bond acceptors (Lipinski definition) is 5. The molecule has 1 aromatic heterocycles. The molecule has 1 N–H and O–H groups in total. The number of rotatable bonds is 5. The molecule has 0 radical (unpaired) electrons. The van der Waals surface area contributed by atoms with Crippen LogP contribution in [0.15, 0.2) is 21.7 Å². The fraction of sp³-hybridized carbons (Fsp3) is 0.500. The zero-order chi connectivity index (χ0) is 15.6. The molecule has 116 valence electrons. The van der Waals surface area contributed by atoms with Gasteiger partial charge in [-0.15, -0.1) is 11.3 Å². The maximum absolute atomic E-state index is 12.2. The molecule has 1 aromatic rings. The summed E-state index contributed by atoms with van der Waals surface area (Å²) in [4.78, 5) is 24.4. The number of carbonyl (C=O) groups is 2. The molecule has 1 fully saturated rings. The third-order valence-corrected chi connectivity index (χ3v) is 6.55. The van der Waals surface area contributed by atoms with E-state index in [4.69, 9.17) is 5.11 Å². The Hall–Kier alpha value is -1.45. The van der Waals surface area contributed by atoms with Crippen LogP contribution in [-0.2, 0) is 19.6 Å². The summed E-state index contributed by atoms with van der Waals surface area (Å²) >= 11 is 1.07. The minimum Gasteiger partial charge on any atom is -0.480 e. The Kier molecular flexibility index (Phi) is 4.64. The summed E-state index contributed by atoms with van der Waals surface area (Å²) in [5, 5.41) is 10.7. The van der Waals surface area contributed by atoms with Gasteiger partial charge in [-0.05, 0) is 24.3 Å². The van der Waals surface area contributed by atoms with Crippen LogP contribution in [0.1, 0.15) is 12.8 Å². The number of hydrogen-bond donors (Lipinski definition) is 1. The highest BCUT2D eigenvalue weighted by atomic mass is 32.2. The first-order valence-corrected chi connectivity index (χ1v) is 8.68. The van der Waals surface area contributed by atoms with E-state index in [0.717, 1.165) is 15.6 Å². The van der Waals surface area contributed by atoms with Crippen LogP contribution in [0.3, 0.4) is 0 Å². The Bertz CT molecular complexity index is 626. The van der Waals surface area contributed by atoms with Gasteiger partial charge in [0.1, 0.15) is 10.3 Å². The molecule has 0 bridgehead atoms. The number of carbonyl (C=O) groups excluding carboxylic acids is 1. The molecule has 0 unspecified atom stereocenters. The minimum absolute atomic E-state index is 0.161. The molecule has 1 atom stereocenters. The van der Waals surface area contributed by atoms with Crippen LogP contribution in [0.5, 0.6) is 0 Å². The van der Waals surface area contributed by atoms with Gasteiger partial charge in [-0.1, -0.05) is 6.07 Å². The van der Waals surface area contributed by atoms with Crippen molar-refractivity contribution < 1.29 is 23.1 Å². The number of aliphatic carboxylic acids is 1. The van der Waals surface area contributed by atoms with Crippen molar-refractivity contribution in [1.29, 1.82) is 0 Å². The summed E-state index contributed by atoms with van der Waals surface area (Å²) in [7, 11) is -2.38. The van der Waals surface area contributed by atoms with E-state index in [1.807, 2.05) is 0 Å². The third kappa shape index (κ3) is 3.25. The van der Waals surface area contributed by atoms with Crippen LogP contribution in [0.2, 0.25) is 0 Å². The molecule has 21 heavy (non-hydrogen) atoms. The molecule has 0 spiro atoms. The molecule has 0 aromatic carbocycles. The largest absolute Gasteiger partial charge is 0.480 e. The molecule has 9 heteroatoms. The summed E-state index contributed by atoms with van der Waals surface area (Å²) < 4.78 is 25.5. The highest BCUT2D eigenvalue weighted by Crippen LogP contribution is 2.21. The van der Waals surface area contributed by atoms with Gasteiger partial charge in [0.15, 0.2) is 0 Å². The van der Waals surface area contributed by atoms with Gasteiger partial charge in [-0.2, -0.15) is 4.31 Å². The monoisotopic (exact) mass is 332 g/mol. The van der Waals surface area contributed by atoms with Gasteiger partial charge in [0, 0.05) is 13.6 Å². The maximum Gasteiger partial charge on any atom is 0.326 e. The first kappa shape index (κ1) is 15.9. The Morgan fingerprint density at radius 3 is 2.81 bits per heavy atom. The second kappa shape index (κ2) is 6.12. The normalized spacial score (nSPS) is 19.1. The zero-order valence-corrected chi connectivity index (χ0v) is 13.1. The lowest BCUT2D eigenvalue weighted by Crippen LogP contribution is -2.45. The van der Waals surface area contributed by atoms with Gasteiger partial charge in [-0.25, -0.2) is 13.2 Å². The number of thiophene rings is 1. The van der Waals surface area contributed by atoms with Crippen LogP contribution < -0.4 is 0 Å². The van der Waals surface area contributed by atoms with E-state index in [1.54, 1.807) is 11.4 Å². The van der Waals surface area contributed by atoms with Gasteiger partial charge in [0.25, 0.3) is 10.0 Å². The standard InChI is InChI=1S/C12H16N2O5S2/c1-13(21(18,19)11-5-3-7-20-11)8-10(15)14-6-2-4-9(14)12(16)17/h3,5,7,9H,2,4,6,8H2,1H3,(H,16,17)/t9-/m0/s1. The lowest BCUT2D eigenvalue weighted by atomic mass is 10.2. The van der Waals surface area contributed by atoms with Crippen molar-refractivity contribution in [3.8, 4) is 0 Å². The van der Waals surface area contributed by atoms with E-state index in [0.29, 0.717) is 19.4 Å². The van der Waals surface area contributed by atoms with Crippen LogP contribution in [-0.4, -0.2) is 60.8 Å². The fourth-order valence-electron chi connectivity index (χ4n) is 2.25. The fourth-order valence-corrected chi connectivity index (χ4v) is 4.57. The van der Waals surface area contributed by atoms with Gasteiger partial charge < -0.3 is 10.0 Å². The van der Waals surface area contributed by atoms with E-state index in [-0.39, 0.29) is 10.8 Å². The van der Waals surface area contributed by atoms with E-state index in [2.05, 4.69) is 0 Å². The molecule has 2 heterocycles. The zero-order valence-electron chi connectivity index (χ0n) is 11.4. The second-order valence-electron chi connectivity index (χ2n) is 4.78. The molecule has 0 aliphatic carbocycles.